The molecule has 1 aromatic heterocycles. The molecule has 0 unspecified atom stereocenters. The summed E-state index contributed by atoms with van der Waals surface area (Å²) in [5, 5.41) is 8.74. The van der Waals surface area contributed by atoms with E-state index < -0.39 is 0 Å². The average molecular weight is 500 g/mol. The van der Waals surface area contributed by atoms with E-state index in [1.54, 1.807) is 31.4 Å². The van der Waals surface area contributed by atoms with Crippen LogP contribution in [-0.2, 0) is 0 Å². The molecule has 0 atom stereocenters. The van der Waals surface area contributed by atoms with Crippen LogP contribution in [-0.4, -0.2) is 31.1 Å². The van der Waals surface area contributed by atoms with Crippen LogP contribution in [0.3, 0.4) is 0 Å². The van der Waals surface area contributed by atoms with Crippen molar-refractivity contribution < 1.29 is 9.53 Å². The number of amides is 1. The monoisotopic (exact) mass is 499 g/mol. The predicted molar refractivity (Wildman–Crippen MR) is 148 cm³/mol. The van der Waals surface area contributed by atoms with Gasteiger partial charge in [-0.25, -0.2) is 4.98 Å². The van der Waals surface area contributed by atoms with Crippen LogP contribution in [0.2, 0.25) is 0 Å². The average Bonchev–Trinajstić information content (AvgIpc) is 3.33. The summed E-state index contributed by atoms with van der Waals surface area (Å²) in [6.07, 6.45) is 8.11. The molecule has 0 radical (unpaired) electrons. The van der Waals surface area contributed by atoms with Gasteiger partial charge in [-0.1, -0.05) is 39.5 Å². The Morgan fingerprint density at radius 2 is 1.56 bits per heavy atom. The minimum absolute atomic E-state index is 0.186. The van der Waals surface area contributed by atoms with Gasteiger partial charge in [-0.3, -0.25) is 10.1 Å². The summed E-state index contributed by atoms with van der Waals surface area (Å²) in [5.41, 5.74) is 2.37. The quantitative estimate of drug-likeness (QED) is 0.180. The topological polar surface area (TPSA) is 63.2 Å². The van der Waals surface area contributed by atoms with Crippen LogP contribution in [0.4, 0.5) is 5.13 Å². The molecule has 1 amide bonds. The van der Waals surface area contributed by atoms with Gasteiger partial charge in [0.15, 0.2) is 5.13 Å². The van der Waals surface area contributed by atoms with Gasteiger partial charge >= 0.3 is 0 Å². The number of nitrogens with zero attached hydrogens (tertiary/aromatic N) is 1. The van der Waals surface area contributed by atoms with Crippen LogP contribution in [0.25, 0.3) is 11.3 Å². The second kappa shape index (κ2) is 16.3. The number of methoxy groups -OCH3 is 1. The zero-order valence-electron chi connectivity index (χ0n) is 20.5. The predicted octanol–water partition coefficient (Wildman–Crippen LogP) is 7.32. The van der Waals surface area contributed by atoms with Gasteiger partial charge in [-0.15, -0.1) is 24.0 Å². The number of carbonyl (C=O) groups excluding carboxylic acids is 1. The number of hydrogen-bond donors (Lipinski definition) is 3. The number of benzene rings is 2. The maximum Gasteiger partial charge on any atom is 0.257 e. The maximum atomic E-state index is 12.2. The first-order valence-corrected chi connectivity index (χ1v) is 13.3. The Balaban J connectivity index is 0.000000316. The van der Waals surface area contributed by atoms with E-state index in [4.69, 9.17) is 4.74 Å². The summed E-state index contributed by atoms with van der Waals surface area (Å²) in [5.74, 6) is 0.610. The van der Waals surface area contributed by atoms with Gasteiger partial charge < -0.3 is 10.1 Å². The molecule has 0 aliphatic carbocycles. The van der Waals surface area contributed by atoms with E-state index in [-0.39, 0.29) is 5.91 Å². The standard InChI is InChI=1S/C17H14N2O2S2.C10H23N/c1-21-13-6-2-11(3-7-13)15-10-23-17(18-15)19-16(20)12-4-8-14(22)9-5-12;1-3-5-7-9-11-10-8-6-4-2/h2-10,22H,1H3,(H,18,19,20);11H,3-10H2,1-2H3. The van der Waals surface area contributed by atoms with Gasteiger partial charge in [0.25, 0.3) is 5.91 Å². The van der Waals surface area contributed by atoms with Crippen molar-refractivity contribution in [2.75, 3.05) is 25.5 Å². The molecular weight excluding hydrogens is 462 g/mol. The second-order valence-corrected chi connectivity index (χ2v) is 9.31. The van der Waals surface area contributed by atoms with Crippen LogP contribution in [0, 0.1) is 0 Å². The highest BCUT2D eigenvalue weighted by molar-refractivity contribution is 7.80. The van der Waals surface area contributed by atoms with Crippen LogP contribution in [0.15, 0.2) is 58.8 Å². The largest absolute Gasteiger partial charge is 0.497 e. The van der Waals surface area contributed by atoms with E-state index in [0.717, 1.165) is 21.9 Å². The SMILES string of the molecule is CCCCCNCCCCC.COc1ccc(-c2csc(NC(=O)c3ccc(S)cc3)n2)cc1. The van der Waals surface area contributed by atoms with E-state index in [0.29, 0.717) is 10.7 Å². The number of thiazole rings is 1. The fraction of sp³-hybridized carbons (Fsp3) is 0.407. The Hall–Kier alpha value is -2.35. The first-order valence-electron chi connectivity index (χ1n) is 12.0. The van der Waals surface area contributed by atoms with Crippen molar-refractivity contribution in [1.29, 1.82) is 0 Å². The zero-order chi connectivity index (χ0) is 24.6. The van der Waals surface area contributed by atoms with E-state index in [1.807, 2.05) is 29.6 Å². The molecule has 0 saturated carbocycles. The van der Waals surface area contributed by atoms with Crippen LogP contribution < -0.4 is 15.4 Å². The normalized spacial score (nSPS) is 10.4. The molecule has 0 aliphatic heterocycles. The summed E-state index contributed by atoms with van der Waals surface area (Å²) in [4.78, 5) is 17.4. The molecule has 184 valence electrons. The summed E-state index contributed by atoms with van der Waals surface area (Å²) in [6.45, 7) is 6.93. The van der Waals surface area contributed by atoms with Crippen molar-refractivity contribution >= 4 is 35.0 Å². The molecule has 34 heavy (non-hydrogen) atoms. The molecule has 0 aliphatic rings. The highest BCUT2D eigenvalue weighted by Crippen LogP contribution is 2.26. The van der Waals surface area contributed by atoms with Crippen molar-refractivity contribution in [3.8, 4) is 17.0 Å². The molecule has 0 fully saturated rings. The summed E-state index contributed by atoms with van der Waals surface area (Å²) in [6, 6.07) is 14.7. The van der Waals surface area contributed by atoms with Gasteiger partial charge in [-0.2, -0.15) is 0 Å². The Kier molecular flexibility index (Phi) is 13.4. The van der Waals surface area contributed by atoms with Gasteiger partial charge in [-0.05, 0) is 74.5 Å². The number of carbonyl (C=O) groups is 1. The molecule has 5 nitrogen and oxygen atoms in total. The lowest BCUT2D eigenvalue weighted by Crippen LogP contribution is -2.16. The maximum absolute atomic E-state index is 12.2. The Morgan fingerprint density at radius 3 is 2.12 bits per heavy atom. The fourth-order valence-electron chi connectivity index (χ4n) is 3.13. The first kappa shape index (κ1) is 27.9. The van der Waals surface area contributed by atoms with Gasteiger partial charge in [0.05, 0.1) is 12.8 Å². The number of nitrogens with one attached hydrogen (secondary N) is 2. The highest BCUT2D eigenvalue weighted by Gasteiger charge is 2.10. The van der Waals surface area contributed by atoms with Crippen molar-refractivity contribution in [1.82, 2.24) is 10.3 Å². The summed E-state index contributed by atoms with van der Waals surface area (Å²) < 4.78 is 5.14. The van der Waals surface area contributed by atoms with E-state index in [2.05, 4.69) is 42.1 Å². The van der Waals surface area contributed by atoms with Crippen molar-refractivity contribution in [3.05, 3.63) is 59.5 Å². The molecule has 3 aromatic rings. The van der Waals surface area contributed by atoms with E-state index in [1.165, 1.54) is 63.0 Å². The molecular formula is C27H37N3O2S2. The Labute approximate surface area is 213 Å². The Morgan fingerprint density at radius 1 is 0.941 bits per heavy atom. The number of hydrogen-bond acceptors (Lipinski definition) is 6. The van der Waals surface area contributed by atoms with Crippen LogP contribution >= 0.6 is 24.0 Å². The molecule has 0 saturated heterocycles. The third kappa shape index (κ3) is 10.3. The van der Waals surface area contributed by atoms with Crippen molar-refractivity contribution in [3.63, 3.8) is 0 Å². The highest BCUT2D eigenvalue weighted by atomic mass is 32.1. The number of anilines is 1. The number of unbranched alkanes of at least 4 members (excludes halogenated alkanes) is 4. The number of thiol groups is 1. The molecule has 3 rings (SSSR count). The fourth-order valence-corrected chi connectivity index (χ4v) is 4.00. The van der Waals surface area contributed by atoms with Crippen LogP contribution in [0.1, 0.15) is 62.7 Å². The molecule has 2 N–H and O–H groups in total. The molecule has 2 aromatic carbocycles. The first-order chi connectivity index (χ1) is 16.6. The lowest BCUT2D eigenvalue weighted by molar-refractivity contribution is 0.102. The van der Waals surface area contributed by atoms with Crippen molar-refractivity contribution in [2.45, 2.75) is 57.3 Å². The lowest BCUT2D eigenvalue weighted by Gasteiger charge is -2.02. The zero-order valence-corrected chi connectivity index (χ0v) is 22.2. The van der Waals surface area contributed by atoms with Gasteiger partial charge in [0, 0.05) is 21.4 Å². The third-order valence-electron chi connectivity index (χ3n) is 5.15. The van der Waals surface area contributed by atoms with E-state index >= 15 is 0 Å². The van der Waals surface area contributed by atoms with Gasteiger partial charge in [0.1, 0.15) is 5.75 Å². The number of aromatic nitrogens is 1. The molecule has 7 heteroatoms. The van der Waals surface area contributed by atoms with Crippen molar-refractivity contribution in [2.24, 2.45) is 0 Å². The molecule has 0 bridgehead atoms. The Bertz CT molecular complexity index is 949. The summed E-state index contributed by atoms with van der Waals surface area (Å²) in [7, 11) is 1.63. The second-order valence-electron chi connectivity index (χ2n) is 7.93. The molecule has 0 spiro atoms. The summed E-state index contributed by atoms with van der Waals surface area (Å²) >= 11 is 5.60. The number of rotatable bonds is 12. The van der Waals surface area contributed by atoms with Gasteiger partial charge in [0.2, 0.25) is 0 Å². The minimum Gasteiger partial charge on any atom is -0.497 e. The van der Waals surface area contributed by atoms with Crippen LogP contribution in [0.5, 0.6) is 5.75 Å². The smallest absolute Gasteiger partial charge is 0.257 e. The lowest BCUT2D eigenvalue weighted by atomic mass is 10.2. The van der Waals surface area contributed by atoms with E-state index in [9.17, 15) is 4.79 Å². The number of ether oxygens (including phenoxy) is 1. The third-order valence-corrected chi connectivity index (χ3v) is 6.21. The molecule has 1 heterocycles. The minimum atomic E-state index is -0.186.